The van der Waals surface area contributed by atoms with Gasteiger partial charge in [-0.2, -0.15) is 0 Å². The molecule has 1 aliphatic carbocycles. The fourth-order valence-corrected chi connectivity index (χ4v) is 3.36. The second-order valence-electron chi connectivity index (χ2n) is 6.36. The summed E-state index contributed by atoms with van der Waals surface area (Å²) in [5.74, 6) is 1.79. The molecule has 0 aromatic heterocycles. The van der Waals surface area contributed by atoms with E-state index in [1.54, 1.807) is 0 Å². The minimum atomic E-state index is 0.265. The van der Waals surface area contributed by atoms with Gasteiger partial charge in [0.05, 0.1) is 13.2 Å². The Hall–Kier alpha value is -0.610. The summed E-state index contributed by atoms with van der Waals surface area (Å²) in [5, 5.41) is 3.20. The molecule has 0 aromatic carbocycles. The normalized spacial score (nSPS) is 28.4. The van der Waals surface area contributed by atoms with Crippen molar-refractivity contribution < 1.29 is 9.53 Å². The van der Waals surface area contributed by atoms with Gasteiger partial charge in [0.1, 0.15) is 0 Å². The van der Waals surface area contributed by atoms with Crippen LogP contribution in [-0.4, -0.2) is 49.7 Å². The number of nitrogens with one attached hydrogen (secondary N) is 1. The van der Waals surface area contributed by atoms with Crippen molar-refractivity contribution in [3.63, 3.8) is 0 Å². The van der Waals surface area contributed by atoms with E-state index < -0.39 is 0 Å². The Kier molecular flexibility index (Phi) is 5.85. The SMILES string of the molecule is CCC(CC)C(CNC(=O)C1CC1C)N1CCOCC1. The van der Waals surface area contributed by atoms with Crippen LogP contribution in [0.1, 0.15) is 40.0 Å². The van der Waals surface area contributed by atoms with Crippen molar-refractivity contribution in [1.82, 2.24) is 10.2 Å². The van der Waals surface area contributed by atoms with Gasteiger partial charge in [-0.05, 0) is 18.3 Å². The van der Waals surface area contributed by atoms with Crippen molar-refractivity contribution in [2.75, 3.05) is 32.8 Å². The Morgan fingerprint density at radius 2 is 1.90 bits per heavy atom. The number of hydrogen-bond acceptors (Lipinski definition) is 3. The number of rotatable bonds is 7. The summed E-state index contributed by atoms with van der Waals surface area (Å²) >= 11 is 0. The van der Waals surface area contributed by atoms with Gasteiger partial charge in [-0.3, -0.25) is 9.69 Å². The molecule has 0 spiro atoms. The summed E-state index contributed by atoms with van der Waals surface area (Å²) in [5.41, 5.74) is 0. The van der Waals surface area contributed by atoms with Gasteiger partial charge >= 0.3 is 0 Å². The van der Waals surface area contributed by atoms with Gasteiger partial charge in [0.15, 0.2) is 0 Å². The van der Waals surface area contributed by atoms with Crippen LogP contribution >= 0.6 is 0 Å². The zero-order valence-corrected chi connectivity index (χ0v) is 13.2. The Morgan fingerprint density at radius 3 is 2.40 bits per heavy atom. The van der Waals surface area contributed by atoms with E-state index >= 15 is 0 Å². The van der Waals surface area contributed by atoms with Gasteiger partial charge in [0.2, 0.25) is 5.91 Å². The van der Waals surface area contributed by atoms with E-state index in [9.17, 15) is 4.79 Å². The molecule has 4 heteroatoms. The van der Waals surface area contributed by atoms with E-state index in [4.69, 9.17) is 4.74 Å². The maximum atomic E-state index is 12.0. The van der Waals surface area contributed by atoms with E-state index in [0.29, 0.717) is 17.9 Å². The van der Waals surface area contributed by atoms with E-state index in [1.807, 2.05) is 0 Å². The van der Waals surface area contributed by atoms with Gasteiger partial charge in [0, 0.05) is 31.6 Å². The molecule has 3 unspecified atom stereocenters. The standard InChI is InChI=1S/C16H30N2O2/c1-4-13(5-2)15(18-6-8-20-9-7-18)11-17-16(19)14-10-12(14)3/h12-15H,4-11H2,1-3H3,(H,17,19). The first-order valence-corrected chi connectivity index (χ1v) is 8.26. The van der Waals surface area contributed by atoms with Crippen molar-refractivity contribution in [1.29, 1.82) is 0 Å². The van der Waals surface area contributed by atoms with Crippen LogP contribution in [0.25, 0.3) is 0 Å². The lowest BCUT2D eigenvalue weighted by Gasteiger charge is -2.38. The highest BCUT2D eigenvalue weighted by Gasteiger charge is 2.39. The van der Waals surface area contributed by atoms with Crippen LogP contribution in [0.15, 0.2) is 0 Å². The molecule has 0 radical (unpaired) electrons. The molecule has 0 bridgehead atoms. The van der Waals surface area contributed by atoms with E-state index in [2.05, 4.69) is 31.0 Å². The molecule has 1 N–H and O–H groups in total. The third kappa shape index (κ3) is 3.95. The van der Waals surface area contributed by atoms with E-state index in [-0.39, 0.29) is 11.8 Å². The van der Waals surface area contributed by atoms with Crippen LogP contribution < -0.4 is 5.32 Å². The van der Waals surface area contributed by atoms with E-state index in [1.165, 1.54) is 12.8 Å². The largest absolute Gasteiger partial charge is 0.379 e. The summed E-state index contributed by atoms with van der Waals surface area (Å²) < 4.78 is 5.46. The van der Waals surface area contributed by atoms with Crippen LogP contribution in [0, 0.1) is 17.8 Å². The predicted molar refractivity (Wildman–Crippen MR) is 80.5 cm³/mol. The van der Waals surface area contributed by atoms with Crippen molar-refractivity contribution in [3.8, 4) is 0 Å². The van der Waals surface area contributed by atoms with Crippen molar-refractivity contribution in [2.24, 2.45) is 17.8 Å². The van der Waals surface area contributed by atoms with Gasteiger partial charge in [-0.1, -0.05) is 33.6 Å². The van der Waals surface area contributed by atoms with Crippen molar-refractivity contribution in [3.05, 3.63) is 0 Å². The van der Waals surface area contributed by atoms with Gasteiger partial charge in [-0.15, -0.1) is 0 Å². The molecule has 2 rings (SSSR count). The van der Waals surface area contributed by atoms with E-state index in [0.717, 1.165) is 39.3 Å². The Bertz CT molecular complexity index is 312. The average molecular weight is 282 g/mol. The van der Waals surface area contributed by atoms with Crippen LogP contribution in [-0.2, 0) is 9.53 Å². The van der Waals surface area contributed by atoms with Gasteiger partial charge in [0.25, 0.3) is 0 Å². The topological polar surface area (TPSA) is 41.6 Å². The molecule has 1 heterocycles. The molecule has 1 saturated carbocycles. The summed E-state index contributed by atoms with van der Waals surface area (Å²) in [6.07, 6.45) is 3.42. The molecule has 0 aromatic rings. The molecule has 2 fully saturated rings. The Labute approximate surface area is 123 Å². The first kappa shape index (κ1) is 15.8. The van der Waals surface area contributed by atoms with Crippen LogP contribution in [0.3, 0.4) is 0 Å². The fraction of sp³-hybridized carbons (Fsp3) is 0.938. The first-order valence-electron chi connectivity index (χ1n) is 8.26. The predicted octanol–water partition coefficient (Wildman–Crippen LogP) is 1.90. The first-order chi connectivity index (χ1) is 9.67. The highest BCUT2D eigenvalue weighted by atomic mass is 16.5. The minimum absolute atomic E-state index is 0.265. The molecule has 2 aliphatic rings. The van der Waals surface area contributed by atoms with Crippen LogP contribution in [0.2, 0.25) is 0 Å². The van der Waals surface area contributed by atoms with Crippen molar-refractivity contribution in [2.45, 2.75) is 46.1 Å². The van der Waals surface area contributed by atoms with Gasteiger partial charge < -0.3 is 10.1 Å². The average Bonchev–Trinajstić information content (AvgIpc) is 3.21. The Morgan fingerprint density at radius 1 is 1.30 bits per heavy atom. The summed E-state index contributed by atoms with van der Waals surface area (Å²) in [6, 6.07) is 0.465. The molecule has 3 atom stereocenters. The van der Waals surface area contributed by atoms with Gasteiger partial charge in [-0.25, -0.2) is 0 Å². The highest BCUT2D eigenvalue weighted by molar-refractivity contribution is 5.81. The van der Waals surface area contributed by atoms with Crippen LogP contribution in [0.4, 0.5) is 0 Å². The summed E-state index contributed by atoms with van der Waals surface area (Å²) in [7, 11) is 0. The Balaban J connectivity index is 1.89. The third-order valence-electron chi connectivity index (χ3n) is 5.04. The smallest absolute Gasteiger partial charge is 0.223 e. The van der Waals surface area contributed by atoms with Crippen molar-refractivity contribution >= 4 is 5.91 Å². The van der Waals surface area contributed by atoms with Crippen LogP contribution in [0.5, 0.6) is 0 Å². The number of carbonyl (C=O) groups is 1. The maximum Gasteiger partial charge on any atom is 0.223 e. The summed E-state index contributed by atoms with van der Waals surface area (Å²) in [4.78, 5) is 14.6. The molecular formula is C16H30N2O2. The number of morpholine rings is 1. The maximum absolute atomic E-state index is 12.0. The zero-order chi connectivity index (χ0) is 14.5. The second-order valence-corrected chi connectivity index (χ2v) is 6.36. The lowest BCUT2D eigenvalue weighted by Crippen LogP contribution is -2.52. The molecule has 1 amide bonds. The zero-order valence-electron chi connectivity index (χ0n) is 13.2. The second kappa shape index (κ2) is 7.41. The number of carbonyl (C=O) groups excluding carboxylic acids is 1. The lowest BCUT2D eigenvalue weighted by molar-refractivity contribution is -0.123. The monoisotopic (exact) mass is 282 g/mol. The third-order valence-corrected chi connectivity index (χ3v) is 5.04. The summed E-state index contributed by atoms with van der Waals surface area (Å²) in [6.45, 7) is 11.1. The molecule has 20 heavy (non-hydrogen) atoms. The molecule has 1 saturated heterocycles. The molecule has 1 aliphatic heterocycles. The number of nitrogens with zero attached hydrogens (tertiary/aromatic N) is 1. The lowest BCUT2D eigenvalue weighted by atomic mass is 9.92. The minimum Gasteiger partial charge on any atom is -0.379 e. The molecule has 4 nitrogen and oxygen atoms in total. The fourth-order valence-electron chi connectivity index (χ4n) is 3.36. The quantitative estimate of drug-likeness (QED) is 0.775. The molecular weight excluding hydrogens is 252 g/mol. The number of amides is 1. The highest BCUT2D eigenvalue weighted by Crippen LogP contribution is 2.37. The number of hydrogen-bond donors (Lipinski definition) is 1. The number of ether oxygens (including phenoxy) is 1. The molecule has 116 valence electrons.